The van der Waals surface area contributed by atoms with Gasteiger partial charge in [-0.2, -0.15) is 0 Å². The van der Waals surface area contributed by atoms with Crippen molar-refractivity contribution in [3.8, 4) is 0 Å². The van der Waals surface area contributed by atoms with Crippen LogP contribution in [0.15, 0.2) is 30.3 Å². The lowest BCUT2D eigenvalue weighted by atomic mass is 10.1. The minimum Gasteiger partial charge on any atom is -0.395 e. The van der Waals surface area contributed by atoms with Crippen LogP contribution in [0.3, 0.4) is 0 Å². The van der Waals surface area contributed by atoms with Crippen molar-refractivity contribution in [2.45, 2.75) is 56.9 Å². The summed E-state index contributed by atoms with van der Waals surface area (Å²) in [5.41, 5.74) is 0.931. The molecule has 2 aliphatic heterocycles. The van der Waals surface area contributed by atoms with Crippen LogP contribution in [0.2, 0.25) is 0 Å². The third-order valence-electron chi connectivity index (χ3n) is 4.52. The summed E-state index contributed by atoms with van der Waals surface area (Å²) in [6.07, 6.45) is -4.28. The molecule has 2 fully saturated rings. The highest BCUT2D eigenvalue weighted by atomic mass is 32.2. The van der Waals surface area contributed by atoms with E-state index in [9.17, 15) is 13.5 Å². The van der Waals surface area contributed by atoms with E-state index < -0.39 is 64.4 Å². The molecule has 152 valence electrons. The normalized spacial score (nSPS) is 31.0. The highest BCUT2D eigenvalue weighted by Gasteiger charge is 2.57. The molecule has 0 radical (unpaired) electrons. The lowest BCUT2D eigenvalue weighted by Gasteiger charge is -2.28. The molecule has 2 N–H and O–H groups in total. The number of rotatable bonds is 8. The first-order chi connectivity index (χ1) is 12.7. The van der Waals surface area contributed by atoms with Crippen LogP contribution >= 0.6 is 0 Å². The number of fused-ring (bicyclic) bond motifs is 1. The molecule has 0 aliphatic carbocycles. The van der Waals surface area contributed by atoms with Crippen LogP contribution in [0.25, 0.3) is 0 Å². The SMILES string of the molecule is CC1(C)O[C@H]2O[C@H]([C@@H](O)CS(=O)(=O)CCO)[C@H](OCc3ccccc3)[C@H]2O1. The van der Waals surface area contributed by atoms with Crippen LogP contribution in [-0.2, 0) is 35.4 Å². The number of ether oxygens (including phenoxy) is 4. The molecular weight excluding hydrogens is 376 g/mol. The Hall–Kier alpha value is -1.07. The van der Waals surface area contributed by atoms with Crippen molar-refractivity contribution in [3.05, 3.63) is 35.9 Å². The number of aliphatic hydroxyl groups is 2. The van der Waals surface area contributed by atoms with Crippen LogP contribution in [-0.4, -0.2) is 73.2 Å². The second-order valence-corrected chi connectivity index (χ2v) is 9.46. The Bertz CT molecular complexity index is 720. The maximum absolute atomic E-state index is 12.0. The highest BCUT2D eigenvalue weighted by Crippen LogP contribution is 2.40. The lowest BCUT2D eigenvalue weighted by Crippen LogP contribution is -2.45. The van der Waals surface area contributed by atoms with Crippen LogP contribution < -0.4 is 0 Å². The van der Waals surface area contributed by atoms with E-state index in [2.05, 4.69) is 0 Å². The van der Waals surface area contributed by atoms with Crippen molar-refractivity contribution in [3.63, 3.8) is 0 Å². The first kappa shape index (κ1) is 20.7. The zero-order chi connectivity index (χ0) is 19.7. The molecule has 0 amide bonds. The van der Waals surface area contributed by atoms with Gasteiger partial charge in [0.2, 0.25) is 0 Å². The summed E-state index contributed by atoms with van der Waals surface area (Å²) >= 11 is 0. The molecule has 9 heteroatoms. The molecule has 0 spiro atoms. The fraction of sp³-hybridized carbons (Fsp3) is 0.667. The number of hydrogen-bond donors (Lipinski definition) is 2. The molecule has 8 nitrogen and oxygen atoms in total. The zero-order valence-electron chi connectivity index (χ0n) is 15.4. The number of sulfone groups is 1. The van der Waals surface area contributed by atoms with Crippen LogP contribution in [0.1, 0.15) is 19.4 Å². The molecule has 27 heavy (non-hydrogen) atoms. The van der Waals surface area contributed by atoms with Crippen LogP contribution in [0.5, 0.6) is 0 Å². The maximum atomic E-state index is 12.0. The van der Waals surface area contributed by atoms with Crippen LogP contribution in [0.4, 0.5) is 0 Å². The van der Waals surface area contributed by atoms with Crippen molar-refractivity contribution >= 4 is 9.84 Å². The minimum absolute atomic E-state index is 0.258. The molecule has 0 saturated carbocycles. The quantitative estimate of drug-likeness (QED) is 0.635. The predicted molar refractivity (Wildman–Crippen MR) is 95.5 cm³/mol. The van der Waals surface area contributed by atoms with Crippen molar-refractivity contribution in [1.29, 1.82) is 0 Å². The summed E-state index contributed by atoms with van der Waals surface area (Å²) in [7, 11) is -3.62. The van der Waals surface area contributed by atoms with E-state index in [1.807, 2.05) is 30.3 Å². The number of hydrogen-bond acceptors (Lipinski definition) is 8. The molecule has 0 bridgehead atoms. The summed E-state index contributed by atoms with van der Waals surface area (Å²) in [6, 6.07) is 9.48. The molecular formula is C18H26O8S. The Balaban J connectivity index is 1.73. The predicted octanol–water partition coefficient (Wildman–Crippen LogP) is 0.216. The van der Waals surface area contributed by atoms with Gasteiger partial charge in [0, 0.05) is 0 Å². The van der Waals surface area contributed by atoms with Gasteiger partial charge in [-0.25, -0.2) is 8.42 Å². The smallest absolute Gasteiger partial charge is 0.190 e. The van der Waals surface area contributed by atoms with E-state index in [-0.39, 0.29) is 6.61 Å². The van der Waals surface area contributed by atoms with Crippen molar-refractivity contribution in [1.82, 2.24) is 0 Å². The Morgan fingerprint density at radius 1 is 1.22 bits per heavy atom. The highest BCUT2D eigenvalue weighted by molar-refractivity contribution is 7.91. The third kappa shape index (κ3) is 5.05. The van der Waals surface area contributed by atoms with Crippen molar-refractivity contribution < 1.29 is 37.6 Å². The molecule has 5 atom stereocenters. The summed E-state index contributed by atoms with van der Waals surface area (Å²) in [5, 5.41) is 19.4. The molecule has 0 unspecified atom stereocenters. The van der Waals surface area contributed by atoms with Gasteiger partial charge in [-0.3, -0.25) is 0 Å². The fourth-order valence-electron chi connectivity index (χ4n) is 3.35. The monoisotopic (exact) mass is 402 g/mol. The van der Waals surface area contributed by atoms with Crippen molar-refractivity contribution in [2.75, 3.05) is 18.1 Å². The molecule has 1 aromatic rings. The van der Waals surface area contributed by atoms with E-state index in [0.29, 0.717) is 0 Å². The average molecular weight is 402 g/mol. The standard InChI is InChI=1S/C18H26O8S/c1-18(2)25-16-15(23-10-12-6-4-3-5-7-12)14(24-17(16)26-18)13(20)11-27(21,22)9-8-19/h3-7,13-17,19-20H,8-11H2,1-2H3/t13-,14+,15-,16+,17+/m0/s1. The molecule has 2 saturated heterocycles. The van der Waals surface area contributed by atoms with Gasteiger partial charge in [0.1, 0.15) is 18.3 Å². The second-order valence-electron chi connectivity index (χ2n) is 7.24. The first-order valence-corrected chi connectivity index (χ1v) is 10.7. The Labute approximate surface area is 158 Å². The molecule has 2 heterocycles. The Morgan fingerprint density at radius 2 is 1.93 bits per heavy atom. The first-order valence-electron chi connectivity index (χ1n) is 8.87. The summed E-state index contributed by atoms with van der Waals surface area (Å²) in [6.45, 7) is 3.26. The van der Waals surface area contributed by atoms with E-state index >= 15 is 0 Å². The summed E-state index contributed by atoms with van der Waals surface area (Å²) < 4.78 is 47.2. The van der Waals surface area contributed by atoms with Gasteiger partial charge in [0.15, 0.2) is 21.9 Å². The van der Waals surface area contributed by atoms with Gasteiger partial charge in [0.05, 0.1) is 30.8 Å². The van der Waals surface area contributed by atoms with E-state index in [0.717, 1.165) is 5.56 Å². The zero-order valence-corrected chi connectivity index (χ0v) is 16.2. The molecule has 0 aromatic heterocycles. The fourth-order valence-corrected chi connectivity index (χ4v) is 4.50. The van der Waals surface area contributed by atoms with E-state index in [1.165, 1.54) is 0 Å². The summed E-state index contributed by atoms with van der Waals surface area (Å²) in [4.78, 5) is 0. The Morgan fingerprint density at radius 3 is 2.59 bits per heavy atom. The molecule has 3 rings (SSSR count). The van der Waals surface area contributed by atoms with Gasteiger partial charge >= 0.3 is 0 Å². The maximum Gasteiger partial charge on any atom is 0.190 e. The van der Waals surface area contributed by atoms with Gasteiger partial charge in [-0.1, -0.05) is 30.3 Å². The van der Waals surface area contributed by atoms with Crippen LogP contribution in [0, 0.1) is 0 Å². The second kappa shape index (κ2) is 8.12. The van der Waals surface area contributed by atoms with E-state index in [1.54, 1.807) is 13.8 Å². The van der Waals surface area contributed by atoms with Gasteiger partial charge in [-0.05, 0) is 19.4 Å². The van der Waals surface area contributed by atoms with Crippen molar-refractivity contribution in [2.24, 2.45) is 0 Å². The van der Waals surface area contributed by atoms with E-state index in [4.69, 9.17) is 24.1 Å². The molecule has 1 aromatic carbocycles. The minimum atomic E-state index is -3.62. The Kier molecular flexibility index (Phi) is 6.21. The van der Waals surface area contributed by atoms with Gasteiger partial charge in [-0.15, -0.1) is 0 Å². The largest absolute Gasteiger partial charge is 0.395 e. The van der Waals surface area contributed by atoms with Gasteiger partial charge < -0.3 is 29.2 Å². The van der Waals surface area contributed by atoms with Gasteiger partial charge in [0.25, 0.3) is 0 Å². The number of benzene rings is 1. The average Bonchev–Trinajstić information content (AvgIpc) is 3.05. The topological polar surface area (TPSA) is 112 Å². The molecule has 2 aliphatic rings. The summed E-state index contributed by atoms with van der Waals surface area (Å²) in [5.74, 6) is -1.81. The third-order valence-corrected chi connectivity index (χ3v) is 6.17. The lowest BCUT2D eigenvalue weighted by molar-refractivity contribution is -0.229. The number of aliphatic hydroxyl groups excluding tert-OH is 2.